The van der Waals surface area contributed by atoms with Gasteiger partial charge in [0.1, 0.15) is 0 Å². The van der Waals surface area contributed by atoms with Crippen LogP contribution in [-0.4, -0.2) is 42.5 Å². The van der Waals surface area contributed by atoms with Crippen molar-refractivity contribution >= 4 is 52.7 Å². The molecule has 13 heavy (non-hydrogen) atoms. The summed E-state index contributed by atoms with van der Waals surface area (Å²) in [6.07, 6.45) is 0. The molecule has 0 spiro atoms. The van der Waals surface area contributed by atoms with E-state index in [9.17, 15) is 0 Å². The smallest absolute Gasteiger partial charge is 0.244 e. The summed E-state index contributed by atoms with van der Waals surface area (Å²) in [6.45, 7) is 2.07. The molecule has 0 aliphatic heterocycles. The normalized spacial score (nSPS) is 10.5. The highest BCUT2D eigenvalue weighted by Gasteiger charge is 2.01. The molecule has 0 N–H and O–H groups in total. The van der Waals surface area contributed by atoms with E-state index < -0.39 is 0 Å². The van der Waals surface area contributed by atoms with Crippen LogP contribution in [-0.2, 0) is 0 Å². The van der Waals surface area contributed by atoms with Crippen LogP contribution in [0.1, 0.15) is 5.56 Å². The van der Waals surface area contributed by atoms with E-state index in [-0.39, 0.29) is 0 Å². The van der Waals surface area contributed by atoms with E-state index in [1.165, 1.54) is 5.56 Å². The Labute approximate surface area is 93.2 Å². The van der Waals surface area contributed by atoms with Crippen molar-refractivity contribution in [1.82, 2.24) is 9.97 Å². The molecule has 0 unspecified atom stereocenters. The van der Waals surface area contributed by atoms with Crippen molar-refractivity contribution in [1.29, 1.82) is 0 Å². The number of hydrogen-bond acceptors (Lipinski definition) is 2. The zero-order chi connectivity index (χ0) is 9.42. The van der Waals surface area contributed by atoms with E-state index in [2.05, 4.69) is 55.5 Å². The first-order valence-corrected chi connectivity index (χ1v) is 5.12. The average Bonchev–Trinajstić information content (AvgIpc) is 2.02. The Morgan fingerprint density at radius 2 is 1.92 bits per heavy atom. The van der Waals surface area contributed by atoms with Gasteiger partial charge < -0.3 is 0 Å². The van der Waals surface area contributed by atoms with Gasteiger partial charge in [-0.2, -0.15) is 0 Å². The minimum absolute atomic E-state index is 0.739. The van der Waals surface area contributed by atoms with Gasteiger partial charge in [-0.1, -0.05) is 16.7 Å². The van der Waals surface area contributed by atoms with E-state index in [4.69, 9.17) is 0 Å². The minimum atomic E-state index is 0.739. The van der Waals surface area contributed by atoms with Gasteiger partial charge in [-0.15, -0.1) is 0 Å². The zero-order valence-electron chi connectivity index (χ0n) is 7.28. The molecule has 58 valence electrons. The van der Waals surface area contributed by atoms with Gasteiger partial charge in [0.05, 0.1) is 5.52 Å². The Hall–Kier alpha value is -0.375. The average molecular weight is 196 g/mol. The molecular formula is C9H6Al2N2. The van der Waals surface area contributed by atoms with Crippen LogP contribution in [0.5, 0.6) is 0 Å². The van der Waals surface area contributed by atoms with Crippen LogP contribution in [0.3, 0.4) is 0 Å². The molecule has 4 radical (unpaired) electrons. The van der Waals surface area contributed by atoms with Crippen LogP contribution in [0.2, 0.25) is 0 Å². The third-order valence-electron chi connectivity index (χ3n) is 1.98. The molecular weight excluding hydrogens is 190 g/mol. The second-order valence-electron chi connectivity index (χ2n) is 2.94. The number of hydrogen-bond donors (Lipinski definition) is 0. The summed E-state index contributed by atoms with van der Waals surface area (Å²) in [4.78, 5) is 8.61. The van der Waals surface area contributed by atoms with Gasteiger partial charge in [0.25, 0.3) is 0 Å². The Morgan fingerprint density at radius 3 is 2.69 bits per heavy atom. The van der Waals surface area contributed by atoms with Gasteiger partial charge in [-0.25, -0.2) is 0 Å². The molecule has 0 bridgehead atoms. The van der Waals surface area contributed by atoms with E-state index in [1.807, 2.05) is 12.1 Å². The molecule has 2 aromatic rings. The Kier molecular flexibility index (Phi) is 2.41. The molecule has 0 aliphatic rings. The maximum Gasteiger partial charge on any atom is 0.244 e. The number of benzene rings is 1. The van der Waals surface area contributed by atoms with Crippen molar-refractivity contribution in [2.45, 2.75) is 6.92 Å². The van der Waals surface area contributed by atoms with Crippen molar-refractivity contribution < 1.29 is 0 Å². The largest absolute Gasteiger partial charge is 0.281 e. The lowest BCUT2D eigenvalue weighted by atomic mass is 10.1. The summed E-state index contributed by atoms with van der Waals surface area (Å²) in [7, 11) is 0. The fraction of sp³-hybridized carbons (Fsp3) is 0.111. The highest BCUT2D eigenvalue weighted by molar-refractivity contribution is 6.39. The highest BCUT2D eigenvalue weighted by Crippen LogP contribution is 2.10. The summed E-state index contributed by atoms with van der Waals surface area (Å²) < 4.78 is 1.70. The summed E-state index contributed by atoms with van der Waals surface area (Å²) in [5.41, 5.74) is 2.22. The third kappa shape index (κ3) is 1.64. The SMILES string of the molecule is Cc1cccc2n[c]([Al])n[c]([Al])c12. The molecule has 0 saturated heterocycles. The van der Waals surface area contributed by atoms with Gasteiger partial charge in [-0.3, -0.25) is 9.97 Å². The maximum atomic E-state index is 4.34. The molecule has 1 aromatic carbocycles. The first kappa shape index (κ1) is 9.19. The number of nitrogens with zero attached hydrogens (tertiary/aromatic N) is 2. The van der Waals surface area contributed by atoms with E-state index >= 15 is 0 Å². The van der Waals surface area contributed by atoms with Gasteiger partial charge in [-0.05, 0) is 18.6 Å². The third-order valence-corrected chi connectivity index (χ3v) is 2.65. The first-order chi connectivity index (χ1) is 6.18. The van der Waals surface area contributed by atoms with Crippen molar-refractivity contribution in [3.8, 4) is 0 Å². The number of rotatable bonds is 0. The van der Waals surface area contributed by atoms with E-state index in [1.54, 1.807) is 0 Å². The minimum Gasteiger partial charge on any atom is -0.281 e. The second-order valence-corrected chi connectivity index (χ2v) is 4.00. The second kappa shape index (κ2) is 3.41. The summed E-state index contributed by atoms with van der Waals surface area (Å²) in [6, 6.07) is 6.09. The van der Waals surface area contributed by atoms with Crippen LogP contribution >= 0.6 is 0 Å². The van der Waals surface area contributed by atoms with Crippen LogP contribution in [0.4, 0.5) is 0 Å². The summed E-state index contributed by atoms with van der Waals surface area (Å²) >= 11 is 5.16. The molecule has 2 rings (SSSR count). The van der Waals surface area contributed by atoms with Crippen LogP contribution in [0.15, 0.2) is 18.2 Å². The molecule has 0 atom stereocenters. The summed E-state index contributed by atoms with van der Waals surface area (Å²) in [5.74, 6) is 0. The van der Waals surface area contributed by atoms with Gasteiger partial charge in [0.2, 0.25) is 32.6 Å². The molecule has 1 heterocycles. The fourth-order valence-corrected chi connectivity index (χ4v) is 2.34. The predicted molar refractivity (Wildman–Crippen MR) is 55.1 cm³/mol. The first-order valence-electron chi connectivity index (χ1n) is 3.97. The monoisotopic (exact) mass is 196 g/mol. The number of aromatic nitrogens is 2. The quantitative estimate of drug-likeness (QED) is 0.532. The Morgan fingerprint density at radius 1 is 1.15 bits per heavy atom. The lowest BCUT2D eigenvalue weighted by molar-refractivity contribution is 1.32. The zero-order valence-corrected chi connectivity index (χ0v) is 9.59. The predicted octanol–water partition coefficient (Wildman–Crippen LogP) is -0.474. The standard InChI is InChI=1S/C9H6N2.2Al/c1-7-3-2-4-9-8(7)5-10-6-11-9;;/h2-4H,1H3;;. The molecule has 2 nitrogen and oxygen atoms in total. The van der Waals surface area contributed by atoms with Crippen LogP contribution in [0, 0.1) is 6.92 Å². The summed E-state index contributed by atoms with van der Waals surface area (Å²) in [5, 5.41) is 1.14. The maximum absolute atomic E-state index is 4.34. The Bertz CT molecular complexity index is 468. The molecule has 0 fully saturated rings. The van der Waals surface area contributed by atoms with Gasteiger partial charge in [0.15, 0.2) is 0 Å². The fourth-order valence-electron chi connectivity index (χ4n) is 1.41. The molecule has 1 aromatic heterocycles. The van der Waals surface area contributed by atoms with E-state index in [0.717, 1.165) is 20.1 Å². The van der Waals surface area contributed by atoms with E-state index in [0.29, 0.717) is 0 Å². The lowest BCUT2D eigenvalue weighted by Gasteiger charge is -2.06. The Balaban J connectivity index is 2.94. The molecule has 4 heteroatoms. The van der Waals surface area contributed by atoms with Crippen molar-refractivity contribution in [2.24, 2.45) is 0 Å². The lowest BCUT2D eigenvalue weighted by Crippen LogP contribution is -2.25. The molecule has 0 amide bonds. The van der Waals surface area contributed by atoms with Crippen molar-refractivity contribution in [3.05, 3.63) is 23.8 Å². The van der Waals surface area contributed by atoms with Crippen LogP contribution in [0.25, 0.3) is 10.9 Å². The van der Waals surface area contributed by atoms with Gasteiger partial charge in [0, 0.05) is 10.1 Å². The number of fused-ring (bicyclic) bond motifs is 1. The number of aryl methyl sites for hydroxylation is 1. The van der Waals surface area contributed by atoms with Crippen molar-refractivity contribution in [2.75, 3.05) is 0 Å². The molecule has 0 aliphatic carbocycles. The van der Waals surface area contributed by atoms with Crippen LogP contribution < -0.4 is 9.24 Å². The topological polar surface area (TPSA) is 25.8 Å². The molecule has 0 saturated carbocycles. The van der Waals surface area contributed by atoms with Gasteiger partial charge >= 0.3 is 0 Å². The highest BCUT2D eigenvalue weighted by atomic mass is 27.1. The van der Waals surface area contributed by atoms with Crippen molar-refractivity contribution in [3.63, 3.8) is 0 Å².